The molecule has 116 valence electrons. The Balaban J connectivity index is 1.89. The first-order valence-electron chi connectivity index (χ1n) is 6.21. The lowest BCUT2D eigenvalue weighted by molar-refractivity contribution is -0.136. The molecule has 0 saturated carbocycles. The van der Waals surface area contributed by atoms with Gasteiger partial charge in [-0.1, -0.05) is 11.8 Å². The Labute approximate surface area is 128 Å². The molecule has 2 aromatic rings. The molecule has 22 heavy (non-hydrogen) atoms. The van der Waals surface area contributed by atoms with E-state index >= 15 is 0 Å². The van der Waals surface area contributed by atoms with E-state index in [9.17, 15) is 14.0 Å². The van der Waals surface area contributed by atoms with Crippen molar-refractivity contribution in [2.24, 2.45) is 0 Å². The number of nitrogens with one attached hydrogen (secondary N) is 1. The van der Waals surface area contributed by atoms with Crippen molar-refractivity contribution >= 4 is 23.6 Å². The van der Waals surface area contributed by atoms with Gasteiger partial charge in [-0.3, -0.25) is 9.59 Å². The molecule has 1 aromatic heterocycles. The lowest BCUT2D eigenvalue weighted by Crippen LogP contribution is -2.22. The van der Waals surface area contributed by atoms with E-state index in [0.717, 1.165) is 11.8 Å². The molecule has 0 fully saturated rings. The van der Waals surface area contributed by atoms with E-state index in [2.05, 4.69) is 15.5 Å². The quantitative estimate of drug-likeness (QED) is 0.779. The van der Waals surface area contributed by atoms with Crippen molar-refractivity contribution in [3.05, 3.63) is 41.5 Å². The Morgan fingerprint density at radius 3 is 2.68 bits per heavy atom. The van der Waals surface area contributed by atoms with Crippen LogP contribution in [0.2, 0.25) is 0 Å². The van der Waals surface area contributed by atoms with Gasteiger partial charge in [0, 0.05) is 5.56 Å². The molecule has 7 nitrogen and oxygen atoms in total. The first-order valence-corrected chi connectivity index (χ1v) is 7.09. The minimum atomic E-state index is -0.991. The van der Waals surface area contributed by atoms with Gasteiger partial charge in [-0.05, 0) is 31.2 Å². The Morgan fingerprint density at radius 2 is 2.05 bits per heavy atom. The summed E-state index contributed by atoms with van der Waals surface area (Å²) in [5, 5.41) is 18.1. The second-order valence-electron chi connectivity index (χ2n) is 4.25. The van der Waals surface area contributed by atoms with Crippen LogP contribution in [0.5, 0.6) is 0 Å². The number of carbonyl (C=O) groups is 2. The van der Waals surface area contributed by atoms with Crippen molar-refractivity contribution in [2.75, 3.05) is 0 Å². The molecule has 0 bridgehead atoms. The van der Waals surface area contributed by atoms with E-state index in [1.165, 1.54) is 31.2 Å². The molecule has 2 rings (SSSR count). The summed E-state index contributed by atoms with van der Waals surface area (Å²) in [6, 6.07) is 5.08. The fourth-order valence-corrected chi connectivity index (χ4v) is 2.05. The fraction of sp³-hybridized carbons (Fsp3) is 0.231. The molecule has 1 heterocycles. The number of benzene rings is 1. The van der Waals surface area contributed by atoms with Gasteiger partial charge in [-0.2, -0.15) is 0 Å². The minimum Gasteiger partial charge on any atom is -0.480 e. The Hall–Kier alpha value is -2.42. The predicted octanol–water partition coefficient (Wildman–Crippen LogP) is 1.70. The van der Waals surface area contributed by atoms with E-state index < -0.39 is 22.9 Å². The zero-order valence-electron chi connectivity index (χ0n) is 11.4. The summed E-state index contributed by atoms with van der Waals surface area (Å²) in [4.78, 5) is 22.5. The number of nitrogens with zero attached hydrogens (tertiary/aromatic N) is 2. The summed E-state index contributed by atoms with van der Waals surface area (Å²) in [6.07, 6.45) is 0. The van der Waals surface area contributed by atoms with Crippen LogP contribution in [0.15, 0.2) is 33.9 Å². The SMILES string of the molecule is C[C@@H](Sc1nnc(CNC(=O)c2ccc(F)cc2)o1)C(=O)O. The maximum absolute atomic E-state index is 12.8. The fourth-order valence-electron chi connectivity index (χ4n) is 1.42. The lowest BCUT2D eigenvalue weighted by atomic mass is 10.2. The third-order valence-corrected chi connectivity index (χ3v) is 3.50. The molecule has 0 saturated heterocycles. The van der Waals surface area contributed by atoms with Crippen molar-refractivity contribution in [1.82, 2.24) is 15.5 Å². The molecule has 0 spiro atoms. The molecule has 0 radical (unpaired) electrons. The van der Waals surface area contributed by atoms with Crippen LogP contribution in [-0.2, 0) is 11.3 Å². The zero-order valence-corrected chi connectivity index (χ0v) is 12.3. The molecule has 9 heteroatoms. The van der Waals surface area contributed by atoms with Gasteiger partial charge in [0.2, 0.25) is 5.89 Å². The van der Waals surface area contributed by atoms with E-state index in [4.69, 9.17) is 9.52 Å². The highest BCUT2D eigenvalue weighted by Gasteiger charge is 2.17. The summed E-state index contributed by atoms with van der Waals surface area (Å²) in [7, 11) is 0. The van der Waals surface area contributed by atoms with Crippen LogP contribution >= 0.6 is 11.8 Å². The minimum absolute atomic E-state index is 0.00871. The normalized spacial score (nSPS) is 11.9. The van der Waals surface area contributed by atoms with Crippen molar-refractivity contribution in [2.45, 2.75) is 23.9 Å². The molecule has 0 aliphatic heterocycles. The molecule has 0 aliphatic rings. The highest BCUT2D eigenvalue weighted by Crippen LogP contribution is 2.21. The van der Waals surface area contributed by atoms with Crippen LogP contribution in [0.1, 0.15) is 23.2 Å². The topological polar surface area (TPSA) is 105 Å². The Morgan fingerprint density at radius 1 is 1.36 bits per heavy atom. The summed E-state index contributed by atoms with van der Waals surface area (Å²) in [5.74, 6) is -1.68. The van der Waals surface area contributed by atoms with Crippen molar-refractivity contribution < 1.29 is 23.5 Å². The van der Waals surface area contributed by atoms with Gasteiger partial charge in [-0.25, -0.2) is 4.39 Å². The standard InChI is InChI=1S/C13H12FN3O4S/c1-7(12(19)20)22-13-17-16-10(21-13)6-15-11(18)8-2-4-9(14)5-3-8/h2-5,7H,6H2,1H3,(H,15,18)(H,19,20)/t7-/m1/s1. The van der Waals surface area contributed by atoms with E-state index in [0.29, 0.717) is 5.56 Å². The van der Waals surface area contributed by atoms with Crippen LogP contribution in [0.25, 0.3) is 0 Å². The summed E-state index contributed by atoms with van der Waals surface area (Å²) < 4.78 is 18.0. The second-order valence-corrected chi connectivity index (χ2v) is 5.54. The van der Waals surface area contributed by atoms with Gasteiger partial charge in [0.05, 0.1) is 6.54 Å². The number of hydrogen-bond acceptors (Lipinski definition) is 6. The van der Waals surface area contributed by atoms with Gasteiger partial charge in [0.25, 0.3) is 11.1 Å². The molecule has 0 aliphatic carbocycles. The van der Waals surface area contributed by atoms with Gasteiger partial charge in [0.1, 0.15) is 11.1 Å². The maximum Gasteiger partial charge on any atom is 0.316 e. The van der Waals surface area contributed by atoms with Crippen LogP contribution in [0.3, 0.4) is 0 Å². The third-order valence-electron chi connectivity index (χ3n) is 2.58. The van der Waals surface area contributed by atoms with Crippen molar-refractivity contribution in [3.63, 3.8) is 0 Å². The summed E-state index contributed by atoms with van der Waals surface area (Å²) in [5.41, 5.74) is 0.301. The number of amides is 1. The van der Waals surface area contributed by atoms with Crippen molar-refractivity contribution in [3.8, 4) is 0 Å². The number of carboxylic acids is 1. The van der Waals surface area contributed by atoms with Gasteiger partial charge in [0.15, 0.2) is 0 Å². The first-order chi connectivity index (χ1) is 10.5. The van der Waals surface area contributed by atoms with Gasteiger partial charge < -0.3 is 14.8 Å². The molecule has 1 atom stereocenters. The average Bonchev–Trinajstić information content (AvgIpc) is 2.93. The summed E-state index contributed by atoms with van der Waals surface area (Å²) in [6.45, 7) is 1.48. The first kappa shape index (κ1) is 16.0. The molecular formula is C13H12FN3O4S. The predicted molar refractivity (Wildman–Crippen MR) is 74.8 cm³/mol. The highest BCUT2D eigenvalue weighted by atomic mass is 32.2. The number of carbonyl (C=O) groups excluding carboxylic acids is 1. The Kier molecular flexibility index (Phi) is 5.10. The largest absolute Gasteiger partial charge is 0.480 e. The lowest BCUT2D eigenvalue weighted by Gasteiger charge is -2.02. The second kappa shape index (κ2) is 7.03. The van der Waals surface area contributed by atoms with Crippen molar-refractivity contribution in [1.29, 1.82) is 0 Å². The monoisotopic (exact) mass is 325 g/mol. The van der Waals surface area contributed by atoms with Gasteiger partial charge >= 0.3 is 5.97 Å². The molecule has 2 N–H and O–H groups in total. The van der Waals surface area contributed by atoms with Crippen LogP contribution in [0.4, 0.5) is 4.39 Å². The van der Waals surface area contributed by atoms with Crippen LogP contribution in [-0.4, -0.2) is 32.4 Å². The average molecular weight is 325 g/mol. The number of thioether (sulfide) groups is 1. The van der Waals surface area contributed by atoms with E-state index in [1.807, 2.05) is 0 Å². The zero-order chi connectivity index (χ0) is 16.1. The van der Waals surface area contributed by atoms with E-state index in [-0.39, 0.29) is 17.7 Å². The number of carboxylic acid groups (broad SMARTS) is 1. The smallest absolute Gasteiger partial charge is 0.316 e. The molecular weight excluding hydrogens is 313 g/mol. The van der Waals surface area contributed by atoms with E-state index in [1.54, 1.807) is 0 Å². The number of aliphatic carboxylic acids is 1. The van der Waals surface area contributed by atoms with Gasteiger partial charge in [-0.15, -0.1) is 10.2 Å². The number of aromatic nitrogens is 2. The maximum atomic E-state index is 12.8. The van der Waals surface area contributed by atoms with Crippen LogP contribution < -0.4 is 5.32 Å². The Bertz CT molecular complexity index is 674. The third kappa shape index (κ3) is 4.29. The molecule has 1 aromatic carbocycles. The van der Waals surface area contributed by atoms with Crippen LogP contribution in [0, 0.1) is 5.82 Å². The molecule has 1 amide bonds. The molecule has 0 unspecified atom stereocenters. The summed E-state index contributed by atoms with van der Waals surface area (Å²) >= 11 is 0.911. The number of rotatable bonds is 6. The number of hydrogen-bond donors (Lipinski definition) is 2. The highest BCUT2D eigenvalue weighted by molar-refractivity contribution is 8.00. The number of halogens is 1.